The number of amides is 1. The van der Waals surface area contributed by atoms with Gasteiger partial charge in [-0.2, -0.15) is 0 Å². The predicted molar refractivity (Wildman–Crippen MR) is 81.3 cm³/mol. The molecular formula is C16H16ClNO3. The van der Waals surface area contributed by atoms with E-state index in [1.165, 1.54) is 7.11 Å². The molecular weight excluding hydrogens is 290 g/mol. The summed E-state index contributed by atoms with van der Waals surface area (Å²) < 4.78 is 5.07. The third-order valence-corrected chi connectivity index (χ3v) is 3.25. The second-order valence-electron chi connectivity index (χ2n) is 4.53. The van der Waals surface area contributed by atoms with Crippen molar-refractivity contribution >= 4 is 17.5 Å². The van der Waals surface area contributed by atoms with Crippen molar-refractivity contribution in [1.82, 2.24) is 5.32 Å². The van der Waals surface area contributed by atoms with E-state index in [4.69, 9.17) is 16.3 Å². The number of carbonyl (C=O) groups is 1. The molecule has 0 aliphatic rings. The van der Waals surface area contributed by atoms with Crippen LogP contribution in [-0.4, -0.2) is 18.1 Å². The van der Waals surface area contributed by atoms with Gasteiger partial charge in [-0.3, -0.25) is 4.79 Å². The van der Waals surface area contributed by atoms with Crippen LogP contribution in [0, 0.1) is 0 Å². The lowest BCUT2D eigenvalue weighted by molar-refractivity contribution is -0.129. The molecule has 0 fully saturated rings. The number of halogens is 1. The number of rotatable bonds is 5. The van der Waals surface area contributed by atoms with Gasteiger partial charge in [0, 0.05) is 11.6 Å². The lowest BCUT2D eigenvalue weighted by Crippen LogP contribution is -2.28. The van der Waals surface area contributed by atoms with Gasteiger partial charge in [0.2, 0.25) is 0 Å². The zero-order valence-corrected chi connectivity index (χ0v) is 12.3. The Morgan fingerprint density at radius 3 is 2.76 bits per heavy atom. The first-order chi connectivity index (χ1) is 10.1. The minimum absolute atomic E-state index is 0.306. The second kappa shape index (κ2) is 7.11. The van der Waals surface area contributed by atoms with E-state index in [9.17, 15) is 9.90 Å². The van der Waals surface area contributed by atoms with E-state index in [-0.39, 0.29) is 0 Å². The third kappa shape index (κ3) is 4.21. The molecule has 0 saturated carbocycles. The van der Waals surface area contributed by atoms with Gasteiger partial charge in [0.15, 0.2) is 6.10 Å². The van der Waals surface area contributed by atoms with Crippen LogP contribution in [0.4, 0.5) is 0 Å². The summed E-state index contributed by atoms with van der Waals surface area (Å²) in [4.78, 5) is 12.0. The van der Waals surface area contributed by atoms with Crippen LogP contribution in [0.1, 0.15) is 17.2 Å². The molecule has 0 radical (unpaired) electrons. The Kier molecular flexibility index (Phi) is 5.20. The lowest BCUT2D eigenvalue weighted by Gasteiger charge is -2.12. The summed E-state index contributed by atoms with van der Waals surface area (Å²) >= 11 is 5.88. The van der Waals surface area contributed by atoms with Crippen LogP contribution in [0.5, 0.6) is 5.75 Å². The topological polar surface area (TPSA) is 58.6 Å². The standard InChI is InChI=1S/C16H16ClNO3/c1-21-14-7-3-5-12(9-14)15(19)16(20)18-10-11-4-2-6-13(17)8-11/h2-9,15,19H,10H2,1H3,(H,18,20). The van der Waals surface area contributed by atoms with Crippen molar-refractivity contribution in [2.45, 2.75) is 12.6 Å². The van der Waals surface area contributed by atoms with Gasteiger partial charge in [0.05, 0.1) is 7.11 Å². The highest BCUT2D eigenvalue weighted by Crippen LogP contribution is 2.19. The maximum atomic E-state index is 12.0. The molecule has 2 aromatic rings. The molecule has 2 N–H and O–H groups in total. The molecule has 0 aliphatic carbocycles. The van der Waals surface area contributed by atoms with E-state index in [1.807, 2.05) is 12.1 Å². The minimum atomic E-state index is -1.24. The molecule has 5 heteroatoms. The molecule has 110 valence electrons. The molecule has 0 heterocycles. The Bertz CT molecular complexity index is 630. The fraction of sp³-hybridized carbons (Fsp3) is 0.188. The van der Waals surface area contributed by atoms with Gasteiger partial charge in [-0.15, -0.1) is 0 Å². The molecule has 0 spiro atoms. The number of nitrogens with one attached hydrogen (secondary N) is 1. The molecule has 2 rings (SSSR count). The number of carbonyl (C=O) groups excluding carboxylic acids is 1. The number of aliphatic hydroxyl groups is 1. The van der Waals surface area contributed by atoms with Crippen LogP contribution >= 0.6 is 11.6 Å². The molecule has 1 unspecified atom stereocenters. The SMILES string of the molecule is COc1cccc(C(O)C(=O)NCc2cccc(Cl)c2)c1. The Hall–Kier alpha value is -2.04. The van der Waals surface area contributed by atoms with E-state index in [2.05, 4.69) is 5.32 Å². The van der Waals surface area contributed by atoms with Crippen molar-refractivity contribution in [3.05, 3.63) is 64.7 Å². The highest BCUT2D eigenvalue weighted by Gasteiger charge is 2.17. The van der Waals surface area contributed by atoms with Crippen molar-refractivity contribution in [1.29, 1.82) is 0 Å². The lowest BCUT2D eigenvalue weighted by atomic mass is 10.1. The second-order valence-corrected chi connectivity index (χ2v) is 4.96. The maximum Gasteiger partial charge on any atom is 0.253 e. The number of benzene rings is 2. The van der Waals surface area contributed by atoms with Crippen LogP contribution < -0.4 is 10.1 Å². The number of hydrogen-bond donors (Lipinski definition) is 2. The van der Waals surface area contributed by atoms with Crippen LogP contribution in [-0.2, 0) is 11.3 Å². The highest BCUT2D eigenvalue weighted by molar-refractivity contribution is 6.30. The van der Waals surface area contributed by atoms with Gasteiger partial charge in [-0.1, -0.05) is 35.9 Å². The summed E-state index contributed by atoms with van der Waals surface area (Å²) in [6.07, 6.45) is -1.24. The summed E-state index contributed by atoms with van der Waals surface area (Å²) in [5.74, 6) is 0.123. The predicted octanol–water partition coefficient (Wildman–Crippen LogP) is 2.70. The Balaban J connectivity index is 1.99. The van der Waals surface area contributed by atoms with Crippen molar-refractivity contribution < 1.29 is 14.6 Å². The third-order valence-electron chi connectivity index (χ3n) is 3.01. The van der Waals surface area contributed by atoms with Crippen LogP contribution in [0.3, 0.4) is 0 Å². The molecule has 21 heavy (non-hydrogen) atoms. The van der Waals surface area contributed by atoms with Gasteiger partial charge in [-0.05, 0) is 35.4 Å². The number of aliphatic hydroxyl groups excluding tert-OH is 1. The zero-order valence-electron chi connectivity index (χ0n) is 11.5. The fourth-order valence-electron chi connectivity index (χ4n) is 1.90. The van der Waals surface area contributed by atoms with Crippen molar-refractivity contribution in [2.75, 3.05) is 7.11 Å². The monoisotopic (exact) mass is 305 g/mol. The van der Waals surface area contributed by atoms with Gasteiger partial charge < -0.3 is 15.2 Å². The normalized spacial score (nSPS) is 11.8. The molecule has 2 aromatic carbocycles. The molecule has 0 saturated heterocycles. The number of hydrogen-bond acceptors (Lipinski definition) is 3. The van der Waals surface area contributed by atoms with Crippen molar-refractivity contribution in [2.24, 2.45) is 0 Å². The average molecular weight is 306 g/mol. The summed E-state index contributed by atoms with van der Waals surface area (Å²) in [5.41, 5.74) is 1.35. The highest BCUT2D eigenvalue weighted by atomic mass is 35.5. The molecule has 0 bridgehead atoms. The number of methoxy groups -OCH3 is 1. The largest absolute Gasteiger partial charge is 0.497 e. The average Bonchev–Trinajstić information content (AvgIpc) is 2.52. The van der Waals surface area contributed by atoms with Crippen molar-refractivity contribution in [3.8, 4) is 5.75 Å². The zero-order chi connectivity index (χ0) is 15.2. The van der Waals surface area contributed by atoms with Gasteiger partial charge >= 0.3 is 0 Å². The quantitative estimate of drug-likeness (QED) is 0.893. The number of ether oxygens (including phenoxy) is 1. The molecule has 0 aliphatic heterocycles. The molecule has 4 nitrogen and oxygen atoms in total. The fourth-order valence-corrected chi connectivity index (χ4v) is 2.11. The molecule has 0 aromatic heterocycles. The van der Waals surface area contributed by atoms with E-state index in [0.29, 0.717) is 22.9 Å². The van der Waals surface area contributed by atoms with E-state index < -0.39 is 12.0 Å². The van der Waals surface area contributed by atoms with E-state index >= 15 is 0 Å². The molecule has 1 atom stereocenters. The maximum absolute atomic E-state index is 12.0. The Morgan fingerprint density at radius 1 is 1.29 bits per heavy atom. The van der Waals surface area contributed by atoms with E-state index in [0.717, 1.165) is 5.56 Å². The van der Waals surface area contributed by atoms with E-state index in [1.54, 1.807) is 36.4 Å². The summed E-state index contributed by atoms with van der Waals surface area (Å²) in [5, 5.41) is 13.3. The summed E-state index contributed by atoms with van der Waals surface area (Å²) in [6, 6.07) is 14.0. The Morgan fingerprint density at radius 2 is 2.05 bits per heavy atom. The Labute approximate surface area is 128 Å². The van der Waals surface area contributed by atoms with Gasteiger partial charge in [0.1, 0.15) is 5.75 Å². The van der Waals surface area contributed by atoms with Crippen LogP contribution in [0.2, 0.25) is 5.02 Å². The van der Waals surface area contributed by atoms with Gasteiger partial charge in [-0.25, -0.2) is 0 Å². The smallest absolute Gasteiger partial charge is 0.253 e. The van der Waals surface area contributed by atoms with Crippen LogP contribution in [0.25, 0.3) is 0 Å². The van der Waals surface area contributed by atoms with Gasteiger partial charge in [0.25, 0.3) is 5.91 Å². The first-order valence-corrected chi connectivity index (χ1v) is 6.82. The summed E-state index contributed by atoms with van der Waals surface area (Å²) in [6.45, 7) is 0.306. The first kappa shape index (κ1) is 15.4. The van der Waals surface area contributed by atoms with Crippen LogP contribution in [0.15, 0.2) is 48.5 Å². The minimum Gasteiger partial charge on any atom is -0.497 e. The first-order valence-electron chi connectivity index (χ1n) is 6.44. The van der Waals surface area contributed by atoms with Crippen molar-refractivity contribution in [3.63, 3.8) is 0 Å². The molecule has 1 amide bonds. The summed E-state index contributed by atoms with van der Waals surface area (Å²) in [7, 11) is 1.53.